The van der Waals surface area contributed by atoms with Crippen molar-refractivity contribution in [2.45, 2.75) is 38.5 Å². The lowest BCUT2D eigenvalue weighted by Crippen LogP contribution is -2.41. The molecule has 1 aromatic heterocycles. The lowest BCUT2D eigenvalue weighted by Gasteiger charge is -2.30. The second-order valence-electron chi connectivity index (χ2n) is 6.13. The van der Waals surface area contributed by atoms with Crippen molar-refractivity contribution in [1.82, 2.24) is 4.90 Å². The molecule has 120 valence electrons. The van der Waals surface area contributed by atoms with Gasteiger partial charge in [-0.15, -0.1) is 11.3 Å². The minimum absolute atomic E-state index is 0.205. The smallest absolute Gasteiger partial charge is 0.245 e. The van der Waals surface area contributed by atoms with Crippen LogP contribution in [0.3, 0.4) is 0 Å². The maximum absolute atomic E-state index is 12.6. The lowest BCUT2D eigenvalue weighted by atomic mass is 9.73. The summed E-state index contributed by atoms with van der Waals surface area (Å²) in [6.07, 6.45) is 4.71. The SMILES string of the molecule is N#Cc1ccsc1NC(=O)CN1C(=O)CC2(CCCCC2)C1=O. The van der Waals surface area contributed by atoms with E-state index in [1.54, 1.807) is 11.4 Å². The second-order valence-corrected chi connectivity index (χ2v) is 7.04. The quantitative estimate of drug-likeness (QED) is 0.860. The number of amides is 3. The third-order valence-electron chi connectivity index (χ3n) is 4.64. The van der Waals surface area contributed by atoms with Gasteiger partial charge in [0.25, 0.3) is 0 Å². The van der Waals surface area contributed by atoms with Crippen molar-refractivity contribution in [1.29, 1.82) is 5.26 Å². The zero-order chi connectivity index (χ0) is 16.4. The van der Waals surface area contributed by atoms with E-state index in [9.17, 15) is 14.4 Å². The molecule has 1 aromatic rings. The highest BCUT2D eigenvalue weighted by Crippen LogP contribution is 2.45. The minimum atomic E-state index is -0.573. The molecule has 0 atom stereocenters. The van der Waals surface area contributed by atoms with Crippen LogP contribution in [0.2, 0.25) is 0 Å². The van der Waals surface area contributed by atoms with Crippen molar-refractivity contribution in [2.75, 3.05) is 11.9 Å². The molecule has 6 nitrogen and oxygen atoms in total. The molecule has 0 unspecified atom stereocenters. The number of nitrogens with zero attached hydrogens (tertiary/aromatic N) is 2. The number of anilines is 1. The highest BCUT2D eigenvalue weighted by atomic mass is 32.1. The zero-order valence-electron chi connectivity index (χ0n) is 12.6. The van der Waals surface area contributed by atoms with Crippen LogP contribution in [0, 0.1) is 16.7 Å². The fraction of sp³-hybridized carbons (Fsp3) is 0.500. The average molecular weight is 331 g/mol. The summed E-state index contributed by atoms with van der Waals surface area (Å²) in [5.41, 5.74) is -0.192. The monoisotopic (exact) mass is 331 g/mol. The molecule has 2 heterocycles. The summed E-state index contributed by atoms with van der Waals surface area (Å²) in [6, 6.07) is 3.60. The number of nitrogens with one attached hydrogen (secondary N) is 1. The number of carbonyl (C=O) groups excluding carboxylic acids is 3. The van der Waals surface area contributed by atoms with Gasteiger partial charge in [-0.1, -0.05) is 19.3 Å². The van der Waals surface area contributed by atoms with Gasteiger partial charge in [0.05, 0.1) is 11.0 Å². The van der Waals surface area contributed by atoms with E-state index in [0.29, 0.717) is 10.6 Å². The third-order valence-corrected chi connectivity index (χ3v) is 5.47. The predicted octanol–water partition coefficient (Wildman–Crippen LogP) is 2.27. The van der Waals surface area contributed by atoms with Gasteiger partial charge in [-0.3, -0.25) is 19.3 Å². The summed E-state index contributed by atoms with van der Waals surface area (Å²) in [4.78, 5) is 38.0. The molecule has 3 rings (SSSR count). The van der Waals surface area contributed by atoms with Crippen molar-refractivity contribution in [2.24, 2.45) is 5.41 Å². The van der Waals surface area contributed by atoms with E-state index >= 15 is 0 Å². The Morgan fingerprint density at radius 1 is 1.35 bits per heavy atom. The Labute approximate surface area is 138 Å². The van der Waals surface area contributed by atoms with Crippen LogP contribution < -0.4 is 5.32 Å². The van der Waals surface area contributed by atoms with Gasteiger partial charge in [0.1, 0.15) is 17.6 Å². The Balaban J connectivity index is 1.68. The lowest BCUT2D eigenvalue weighted by molar-refractivity contribution is -0.144. The van der Waals surface area contributed by atoms with Gasteiger partial charge in [0, 0.05) is 6.42 Å². The summed E-state index contributed by atoms with van der Waals surface area (Å²) in [7, 11) is 0. The molecule has 1 spiro atoms. The maximum atomic E-state index is 12.6. The Bertz CT molecular complexity index is 698. The van der Waals surface area contributed by atoms with E-state index in [0.717, 1.165) is 37.0 Å². The van der Waals surface area contributed by atoms with Crippen molar-refractivity contribution >= 4 is 34.1 Å². The summed E-state index contributed by atoms with van der Waals surface area (Å²) < 4.78 is 0. The first-order chi connectivity index (χ1) is 11.1. The average Bonchev–Trinajstić information content (AvgIpc) is 3.07. The van der Waals surface area contributed by atoms with Crippen LogP contribution in [-0.4, -0.2) is 29.2 Å². The Hall–Kier alpha value is -2.20. The topological polar surface area (TPSA) is 90.3 Å². The molecule has 2 fully saturated rings. The number of thiophene rings is 1. The molecule has 1 N–H and O–H groups in total. The van der Waals surface area contributed by atoms with Crippen LogP contribution >= 0.6 is 11.3 Å². The zero-order valence-corrected chi connectivity index (χ0v) is 13.4. The molecule has 3 amide bonds. The molecule has 0 aromatic carbocycles. The number of likely N-dealkylation sites (tertiary alicyclic amines) is 1. The Morgan fingerprint density at radius 2 is 2.09 bits per heavy atom. The largest absolute Gasteiger partial charge is 0.315 e. The molecule has 1 saturated heterocycles. The number of hydrogen-bond donors (Lipinski definition) is 1. The first kappa shape index (κ1) is 15.7. The van der Waals surface area contributed by atoms with Crippen molar-refractivity contribution < 1.29 is 14.4 Å². The number of rotatable bonds is 3. The van der Waals surface area contributed by atoms with Crippen molar-refractivity contribution in [3.8, 4) is 6.07 Å². The number of imide groups is 1. The maximum Gasteiger partial charge on any atom is 0.245 e. The minimum Gasteiger partial charge on any atom is -0.315 e. The van der Waals surface area contributed by atoms with Crippen LogP contribution in [0.1, 0.15) is 44.1 Å². The number of hydrogen-bond acceptors (Lipinski definition) is 5. The highest BCUT2D eigenvalue weighted by Gasteiger charge is 2.51. The summed E-state index contributed by atoms with van der Waals surface area (Å²) >= 11 is 1.24. The molecule has 7 heteroatoms. The van der Waals surface area contributed by atoms with Gasteiger partial charge in [-0.25, -0.2) is 0 Å². The van der Waals surface area contributed by atoms with Gasteiger partial charge in [-0.2, -0.15) is 5.26 Å². The summed E-state index contributed by atoms with van der Waals surface area (Å²) in [5, 5.41) is 13.7. The van der Waals surface area contributed by atoms with E-state index in [4.69, 9.17) is 5.26 Å². The summed E-state index contributed by atoms with van der Waals surface area (Å²) in [6.45, 7) is -0.276. The first-order valence-corrected chi connectivity index (χ1v) is 8.56. The molecule has 23 heavy (non-hydrogen) atoms. The van der Waals surface area contributed by atoms with Gasteiger partial charge in [0.2, 0.25) is 17.7 Å². The van der Waals surface area contributed by atoms with E-state index in [1.807, 2.05) is 6.07 Å². The van der Waals surface area contributed by atoms with Gasteiger partial charge in [0.15, 0.2) is 0 Å². The van der Waals surface area contributed by atoms with E-state index < -0.39 is 11.3 Å². The molecule has 1 aliphatic carbocycles. The van der Waals surface area contributed by atoms with Gasteiger partial charge < -0.3 is 5.32 Å². The van der Waals surface area contributed by atoms with Gasteiger partial charge in [-0.05, 0) is 24.3 Å². The molecule has 1 aliphatic heterocycles. The molecule has 0 bridgehead atoms. The van der Waals surface area contributed by atoms with Crippen molar-refractivity contribution in [3.05, 3.63) is 17.0 Å². The standard InChI is InChI=1S/C16H17N3O3S/c17-9-11-4-7-23-14(11)18-12(20)10-19-13(21)8-16(15(19)22)5-2-1-3-6-16/h4,7H,1-3,5-6,8,10H2,(H,18,20). The fourth-order valence-electron chi connectivity index (χ4n) is 3.44. The molecule has 2 aliphatic rings. The van der Waals surface area contributed by atoms with Gasteiger partial charge >= 0.3 is 0 Å². The molecule has 1 saturated carbocycles. The summed E-state index contributed by atoms with van der Waals surface area (Å²) in [5.74, 6) is -0.915. The van der Waals surface area contributed by atoms with Crippen LogP contribution in [0.15, 0.2) is 11.4 Å². The molecule has 0 radical (unpaired) electrons. The number of carbonyl (C=O) groups is 3. The highest BCUT2D eigenvalue weighted by molar-refractivity contribution is 7.14. The van der Waals surface area contributed by atoms with Crippen LogP contribution in [-0.2, 0) is 14.4 Å². The van der Waals surface area contributed by atoms with Crippen LogP contribution in [0.25, 0.3) is 0 Å². The Kier molecular flexibility index (Phi) is 4.18. The normalized spacial score (nSPS) is 19.9. The van der Waals surface area contributed by atoms with E-state index in [2.05, 4.69) is 5.32 Å². The van der Waals surface area contributed by atoms with E-state index in [-0.39, 0.29) is 24.8 Å². The predicted molar refractivity (Wildman–Crippen MR) is 84.5 cm³/mol. The molecular formula is C16H17N3O3S. The van der Waals surface area contributed by atoms with Crippen molar-refractivity contribution in [3.63, 3.8) is 0 Å². The van der Waals surface area contributed by atoms with E-state index in [1.165, 1.54) is 11.3 Å². The third kappa shape index (κ3) is 2.86. The Morgan fingerprint density at radius 3 is 2.78 bits per heavy atom. The van der Waals surface area contributed by atoms with Crippen LogP contribution in [0.4, 0.5) is 5.00 Å². The second kappa shape index (κ2) is 6.13. The molecular weight excluding hydrogens is 314 g/mol. The number of nitriles is 1. The fourth-order valence-corrected chi connectivity index (χ4v) is 4.20. The first-order valence-electron chi connectivity index (χ1n) is 7.68. The van der Waals surface area contributed by atoms with Crippen LogP contribution in [0.5, 0.6) is 0 Å².